The normalized spacial score (nSPS) is 10.9. The summed E-state index contributed by atoms with van der Waals surface area (Å²) in [7, 11) is 0. The lowest BCUT2D eigenvalue weighted by molar-refractivity contribution is -0.384. The topological polar surface area (TPSA) is 100 Å². The molecule has 4 rings (SSSR count). The van der Waals surface area contributed by atoms with Gasteiger partial charge in [0.15, 0.2) is 5.69 Å². The van der Waals surface area contributed by atoms with Crippen molar-refractivity contribution in [2.75, 3.05) is 6.61 Å². The molecule has 0 aliphatic rings. The zero-order valence-corrected chi connectivity index (χ0v) is 15.5. The Hall–Kier alpha value is -3.59. The molecule has 0 amide bonds. The fourth-order valence-corrected chi connectivity index (χ4v) is 3.59. The molecule has 0 saturated carbocycles. The molecular formula is C19H14N4O4S. The van der Waals surface area contributed by atoms with Gasteiger partial charge in [-0.2, -0.15) is 5.10 Å². The van der Waals surface area contributed by atoms with Crippen LogP contribution >= 0.6 is 11.3 Å². The van der Waals surface area contributed by atoms with Crippen LogP contribution in [-0.2, 0) is 4.74 Å². The largest absolute Gasteiger partial charge is 0.461 e. The van der Waals surface area contributed by atoms with Crippen molar-refractivity contribution < 1.29 is 14.5 Å². The molecule has 140 valence electrons. The van der Waals surface area contributed by atoms with Crippen LogP contribution in [0.2, 0.25) is 0 Å². The predicted octanol–water partition coefficient (Wildman–Crippen LogP) is 4.23. The molecule has 0 bridgehead atoms. The van der Waals surface area contributed by atoms with E-state index in [1.165, 1.54) is 28.2 Å². The number of ether oxygens (including phenoxy) is 1. The number of nitrogens with zero attached hydrogens (tertiary/aromatic N) is 4. The average Bonchev–Trinajstić information content (AvgIpc) is 3.33. The molecule has 28 heavy (non-hydrogen) atoms. The van der Waals surface area contributed by atoms with Gasteiger partial charge in [0.1, 0.15) is 5.69 Å². The van der Waals surface area contributed by atoms with Gasteiger partial charge in [-0.3, -0.25) is 10.1 Å². The second-order valence-corrected chi connectivity index (χ2v) is 6.66. The van der Waals surface area contributed by atoms with Crippen molar-refractivity contribution in [2.24, 2.45) is 0 Å². The summed E-state index contributed by atoms with van der Waals surface area (Å²) in [5.41, 5.74) is 2.23. The molecule has 2 aromatic carbocycles. The summed E-state index contributed by atoms with van der Waals surface area (Å²) < 4.78 is 6.50. The fraction of sp³-hybridized carbons (Fsp3) is 0.105. The number of benzene rings is 2. The van der Waals surface area contributed by atoms with Crippen LogP contribution in [0.4, 0.5) is 5.69 Å². The van der Waals surface area contributed by atoms with Gasteiger partial charge in [-0.1, -0.05) is 30.3 Å². The van der Waals surface area contributed by atoms with Crippen molar-refractivity contribution in [3.05, 3.63) is 69.7 Å². The van der Waals surface area contributed by atoms with Gasteiger partial charge in [-0.05, 0) is 13.0 Å². The molecule has 0 aliphatic carbocycles. The molecule has 2 heterocycles. The molecule has 0 N–H and O–H groups in total. The first kappa shape index (κ1) is 17.8. The minimum Gasteiger partial charge on any atom is -0.461 e. The Labute approximate surface area is 163 Å². The highest BCUT2D eigenvalue weighted by Crippen LogP contribution is 2.32. The highest BCUT2D eigenvalue weighted by Gasteiger charge is 2.20. The minimum atomic E-state index is -0.518. The Morgan fingerprint density at radius 3 is 2.75 bits per heavy atom. The summed E-state index contributed by atoms with van der Waals surface area (Å²) in [6.07, 6.45) is 0. The maximum absolute atomic E-state index is 11.9. The van der Waals surface area contributed by atoms with E-state index in [1.54, 1.807) is 18.4 Å². The number of carbonyl (C=O) groups is 1. The molecule has 0 atom stereocenters. The Bertz CT molecular complexity index is 1180. The molecule has 0 saturated heterocycles. The van der Waals surface area contributed by atoms with Gasteiger partial charge in [-0.15, -0.1) is 11.3 Å². The van der Waals surface area contributed by atoms with Crippen molar-refractivity contribution in [3.63, 3.8) is 0 Å². The van der Waals surface area contributed by atoms with Gasteiger partial charge in [0, 0.05) is 28.5 Å². The van der Waals surface area contributed by atoms with E-state index in [4.69, 9.17) is 4.74 Å². The highest BCUT2D eigenvalue weighted by molar-refractivity contribution is 7.12. The molecule has 0 fully saturated rings. The fourth-order valence-electron chi connectivity index (χ4n) is 2.83. The summed E-state index contributed by atoms with van der Waals surface area (Å²) in [5, 5.41) is 18.6. The number of thiazole rings is 1. The number of aromatic nitrogens is 3. The van der Waals surface area contributed by atoms with Gasteiger partial charge in [0.25, 0.3) is 5.69 Å². The molecular weight excluding hydrogens is 380 g/mol. The van der Waals surface area contributed by atoms with E-state index >= 15 is 0 Å². The summed E-state index contributed by atoms with van der Waals surface area (Å²) >= 11 is 1.21. The number of hydrogen-bond acceptors (Lipinski definition) is 7. The average molecular weight is 394 g/mol. The lowest BCUT2D eigenvalue weighted by Crippen LogP contribution is -2.05. The zero-order chi connectivity index (χ0) is 19.7. The number of rotatable bonds is 5. The molecule has 0 unspecified atom stereocenters. The Morgan fingerprint density at radius 2 is 2.04 bits per heavy atom. The van der Waals surface area contributed by atoms with E-state index in [0.29, 0.717) is 16.3 Å². The Balaban J connectivity index is 1.91. The summed E-state index contributed by atoms with van der Waals surface area (Å²) in [5.74, 6) is -0.518. The molecule has 8 nitrogen and oxygen atoms in total. The number of esters is 1. The van der Waals surface area contributed by atoms with Gasteiger partial charge in [0.2, 0.25) is 5.13 Å². The number of non-ortho nitro benzene ring substituents is 1. The molecule has 9 heteroatoms. The van der Waals surface area contributed by atoms with Crippen LogP contribution < -0.4 is 0 Å². The number of nitro benzene ring substituents is 1. The van der Waals surface area contributed by atoms with E-state index < -0.39 is 10.9 Å². The zero-order valence-electron chi connectivity index (χ0n) is 14.7. The number of fused-ring (bicyclic) bond motifs is 1. The monoisotopic (exact) mass is 394 g/mol. The van der Waals surface area contributed by atoms with Crippen LogP contribution in [-0.4, -0.2) is 32.3 Å². The standard InChI is InChI=1S/C19H14N4O4S/c1-2-27-18(24)15-11-28-19(20-15)22-16-10-13(23(25)26)8-9-14(16)17(21-22)12-6-4-3-5-7-12/h3-11H,2H2,1H3. The molecule has 0 radical (unpaired) electrons. The highest BCUT2D eigenvalue weighted by atomic mass is 32.1. The summed E-state index contributed by atoms with van der Waals surface area (Å²) in [6.45, 7) is 1.97. The van der Waals surface area contributed by atoms with Crippen LogP contribution in [0, 0.1) is 10.1 Å². The van der Waals surface area contributed by atoms with Gasteiger partial charge in [0.05, 0.1) is 17.0 Å². The van der Waals surface area contributed by atoms with E-state index in [0.717, 1.165) is 10.9 Å². The van der Waals surface area contributed by atoms with Crippen molar-refractivity contribution in [3.8, 4) is 16.4 Å². The van der Waals surface area contributed by atoms with Crippen LogP contribution in [0.25, 0.3) is 27.3 Å². The maximum atomic E-state index is 11.9. The molecule has 0 aliphatic heterocycles. The van der Waals surface area contributed by atoms with Crippen LogP contribution in [0.1, 0.15) is 17.4 Å². The maximum Gasteiger partial charge on any atom is 0.357 e. The first-order chi connectivity index (χ1) is 13.6. The molecule has 0 spiro atoms. The third-order valence-electron chi connectivity index (χ3n) is 4.08. The lowest BCUT2D eigenvalue weighted by atomic mass is 10.1. The summed E-state index contributed by atoms with van der Waals surface area (Å²) in [4.78, 5) is 27.0. The number of nitro groups is 1. The molecule has 2 aromatic heterocycles. The minimum absolute atomic E-state index is 0.0459. The molecule has 4 aromatic rings. The van der Waals surface area contributed by atoms with Crippen LogP contribution in [0.5, 0.6) is 0 Å². The van der Waals surface area contributed by atoms with Crippen molar-refractivity contribution >= 4 is 33.9 Å². The lowest BCUT2D eigenvalue weighted by Gasteiger charge is -1.99. The first-order valence-corrected chi connectivity index (χ1v) is 9.32. The Morgan fingerprint density at radius 1 is 1.25 bits per heavy atom. The van der Waals surface area contributed by atoms with Gasteiger partial charge < -0.3 is 4.74 Å². The van der Waals surface area contributed by atoms with E-state index in [9.17, 15) is 14.9 Å². The third kappa shape index (κ3) is 3.12. The van der Waals surface area contributed by atoms with E-state index in [2.05, 4.69) is 10.1 Å². The predicted molar refractivity (Wildman–Crippen MR) is 105 cm³/mol. The number of hydrogen-bond donors (Lipinski definition) is 0. The van der Waals surface area contributed by atoms with E-state index in [1.807, 2.05) is 30.3 Å². The van der Waals surface area contributed by atoms with Crippen LogP contribution in [0.3, 0.4) is 0 Å². The summed E-state index contributed by atoms with van der Waals surface area (Å²) in [6, 6.07) is 14.1. The SMILES string of the molecule is CCOC(=O)c1csc(-n2nc(-c3ccccc3)c3ccc([N+](=O)[O-])cc32)n1. The smallest absolute Gasteiger partial charge is 0.357 e. The van der Waals surface area contributed by atoms with Gasteiger partial charge in [-0.25, -0.2) is 14.5 Å². The first-order valence-electron chi connectivity index (χ1n) is 8.44. The second kappa shape index (κ2) is 7.20. The Kier molecular flexibility index (Phi) is 4.58. The van der Waals surface area contributed by atoms with Crippen molar-refractivity contribution in [1.82, 2.24) is 14.8 Å². The van der Waals surface area contributed by atoms with Crippen molar-refractivity contribution in [2.45, 2.75) is 6.92 Å². The second-order valence-electron chi connectivity index (χ2n) is 5.82. The van der Waals surface area contributed by atoms with Crippen LogP contribution in [0.15, 0.2) is 53.9 Å². The van der Waals surface area contributed by atoms with E-state index in [-0.39, 0.29) is 18.0 Å². The number of carbonyl (C=O) groups excluding carboxylic acids is 1. The van der Waals surface area contributed by atoms with Gasteiger partial charge >= 0.3 is 5.97 Å². The third-order valence-corrected chi connectivity index (χ3v) is 4.90. The quantitative estimate of drug-likeness (QED) is 0.285. The van der Waals surface area contributed by atoms with Crippen molar-refractivity contribution in [1.29, 1.82) is 0 Å².